The lowest BCUT2D eigenvalue weighted by Gasteiger charge is -2.18. The van der Waals surface area contributed by atoms with Gasteiger partial charge < -0.3 is 4.90 Å². The summed E-state index contributed by atoms with van der Waals surface area (Å²) in [4.78, 5) is 6.50. The SMILES string of the molecule is N#Cc1cccc(N2CCc3ccccc32)n1. The van der Waals surface area contributed by atoms with Gasteiger partial charge in [0.05, 0.1) is 0 Å². The lowest BCUT2D eigenvalue weighted by atomic mass is 10.2. The van der Waals surface area contributed by atoms with Gasteiger partial charge in [-0.05, 0) is 30.2 Å². The number of fused-ring (bicyclic) bond motifs is 1. The van der Waals surface area contributed by atoms with E-state index >= 15 is 0 Å². The van der Waals surface area contributed by atoms with Crippen molar-refractivity contribution >= 4 is 11.5 Å². The molecule has 0 atom stereocenters. The number of hydrogen-bond acceptors (Lipinski definition) is 3. The molecule has 0 saturated carbocycles. The highest BCUT2D eigenvalue weighted by atomic mass is 15.2. The summed E-state index contributed by atoms with van der Waals surface area (Å²) < 4.78 is 0. The van der Waals surface area contributed by atoms with Gasteiger partial charge in [-0.3, -0.25) is 0 Å². The molecule has 1 aliphatic heterocycles. The Balaban J connectivity index is 2.04. The Bertz CT molecular complexity index is 598. The molecule has 0 amide bonds. The van der Waals surface area contributed by atoms with Crippen molar-refractivity contribution in [3.63, 3.8) is 0 Å². The number of para-hydroxylation sites is 1. The number of anilines is 2. The van der Waals surface area contributed by atoms with Gasteiger partial charge in [0.2, 0.25) is 0 Å². The lowest BCUT2D eigenvalue weighted by molar-refractivity contribution is 0.971. The van der Waals surface area contributed by atoms with E-state index in [1.54, 1.807) is 6.07 Å². The third kappa shape index (κ3) is 1.64. The summed E-state index contributed by atoms with van der Waals surface area (Å²) >= 11 is 0. The Kier molecular flexibility index (Phi) is 2.27. The Hall–Kier alpha value is -2.34. The highest BCUT2D eigenvalue weighted by Crippen LogP contribution is 2.32. The fourth-order valence-corrected chi connectivity index (χ4v) is 2.21. The molecule has 1 aliphatic rings. The van der Waals surface area contributed by atoms with Crippen molar-refractivity contribution in [1.82, 2.24) is 4.98 Å². The van der Waals surface area contributed by atoms with Gasteiger partial charge in [-0.1, -0.05) is 24.3 Å². The van der Waals surface area contributed by atoms with E-state index in [-0.39, 0.29) is 0 Å². The first kappa shape index (κ1) is 9.86. The maximum atomic E-state index is 8.87. The van der Waals surface area contributed by atoms with Crippen molar-refractivity contribution in [3.05, 3.63) is 53.7 Å². The summed E-state index contributed by atoms with van der Waals surface area (Å²) in [5.74, 6) is 0.856. The molecule has 3 rings (SSSR count). The normalized spacial score (nSPS) is 13.2. The minimum Gasteiger partial charge on any atom is -0.326 e. The number of pyridine rings is 1. The minimum atomic E-state index is 0.465. The van der Waals surface area contributed by atoms with Crippen LogP contribution >= 0.6 is 0 Å². The van der Waals surface area contributed by atoms with Crippen LogP contribution in [0.25, 0.3) is 0 Å². The maximum Gasteiger partial charge on any atom is 0.142 e. The third-order valence-corrected chi connectivity index (χ3v) is 3.01. The number of hydrogen-bond donors (Lipinski definition) is 0. The standard InChI is InChI=1S/C14H11N3/c15-10-12-5-3-7-14(16-12)17-9-8-11-4-1-2-6-13(11)17/h1-7H,8-9H2. The summed E-state index contributed by atoms with van der Waals surface area (Å²) in [6.45, 7) is 0.932. The zero-order valence-corrected chi connectivity index (χ0v) is 9.30. The summed E-state index contributed by atoms with van der Waals surface area (Å²) in [7, 11) is 0. The molecule has 3 heteroatoms. The largest absolute Gasteiger partial charge is 0.326 e. The molecular formula is C14H11N3. The molecule has 82 valence electrons. The molecule has 3 nitrogen and oxygen atoms in total. The van der Waals surface area contributed by atoms with Gasteiger partial charge in [0.15, 0.2) is 0 Å². The number of aromatic nitrogens is 1. The van der Waals surface area contributed by atoms with Gasteiger partial charge in [0.25, 0.3) is 0 Å². The molecule has 2 aromatic rings. The molecule has 1 aromatic carbocycles. The van der Waals surface area contributed by atoms with Crippen LogP contribution in [0.4, 0.5) is 11.5 Å². The monoisotopic (exact) mass is 221 g/mol. The van der Waals surface area contributed by atoms with Gasteiger partial charge in [-0.2, -0.15) is 5.26 Å². The molecule has 0 bridgehead atoms. The van der Waals surface area contributed by atoms with Gasteiger partial charge >= 0.3 is 0 Å². The van der Waals surface area contributed by atoms with Crippen LogP contribution in [0.15, 0.2) is 42.5 Å². The average molecular weight is 221 g/mol. The molecule has 0 fully saturated rings. The predicted molar refractivity (Wildman–Crippen MR) is 66.1 cm³/mol. The van der Waals surface area contributed by atoms with Crippen LogP contribution < -0.4 is 4.90 Å². The van der Waals surface area contributed by atoms with E-state index in [1.165, 1.54) is 11.3 Å². The molecule has 17 heavy (non-hydrogen) atoms. The van der Waals surface area contributed by atoms with Gasteiger partial charge in [-0.25, -0.2) is 4.98 Å². The summed E-state index contributed by atoms with van der Waals surface area (Å²) in [5.41, 5.74) is 3.01. The predicted octanol–water partition coefficient (Wildman–Crippen LogP) is 2.65. The van der Waals surface area contributed by atoms with Crippen LogP contribution in [0.1, 0.15) is 11.3 Å². The van der Waals surface area contributed by atoms with Crippen molar-refractivity contribution < 1.29 is 0 Å². The van der Waals surface area contributed by atoms with Crippen LogP contribution in [0.2, 0.25) is 0 Å². The van der Waals surface area contributed by atoms with Gasteiger partial charge in [0, 0.05) is 12.2 Å². The number of benzene rings is 1. The number of rotatable bonds is 1. The lowest BCUT2D eigenvalue weighted by Crippen LogP contribution is -2.14. The van der Waals surface area contributed by atoms with Crippen LogP contribution in [0.3, 0.4) is 0 Å². The zero-order valence-electron chi connectivity index (χ0n) is 9.30. The fraction of sp³-hybridized carbons (Fsp3) is 0.143. The van der Waals surface area contributed by atoms with Crippen LogP contribution in [-0.4, -0.2) is 11.5 Å². The molecule has 0 spiro atoms. The Morgan fingerprint density at radius 3 is 2.88 bits per heavy atom. The van der Waals surface area contributed by atoms with E-state index in [4.69, 9.17) is 5.26 Å². The van der Waals surface area contributed by atoms with Crippen molar-refractivity contribution in [2.45, 2.75) is 6.42 Å². The summed E-state index contributed by atoms with van der Waals surface area (Å²) in [6.07, 6.45) is 1.04. The van der Waals surface area contributed by atoms with E-state index in [9.17, 15) is 0 Å². The molecule has 0 unspecified atom stereocenters. The second kappa shape index (κ2) is 3.91. The van der Waals surface area contributed by atoms with E-state index in [2.05, 4.69) is 34.2 Å². The number of nitriles is 1. The molecular weight excluding hydrogens is 210 g/mol. The van der Waals surface area contributed by atoms with E-state index in [0.29, 0.717) is 5.69 Å². The maximum absolute atomic E-state index is 8.87. The van der Waals surface area contributed by atoms with E-state index in [1.807, 2.05) is 18.2 Å². The minimum absolute atomic E-state index is 0.465. The average Bonchev–Trinajstić information content (AvgIpc) is 2.82. The first-order valence-electron chi connectivity index (χ1n) is 5.61. The molecule has 2 heterocycles. The van der Waals surface area contributed by atoms with Crippen LogP contribution in [0.5, 0.6) is 0 Å². The molecule has 0 aliphatic carbocycles. The smallest absolute Gasteiger partial charge is 0.142 e. The van der Waals surface area contributed by atoms with Crippen LogP contribution in [0, 0.1) is 11.3 Å². The van der Waals surface area contributed by atoms with Gasteiger partial charge in [0.1, 0.15) is 17.6 Å². The number of nitrogens with zero attached hydrogens (tertiary/aromatic N) is 3. The highest BCUT2D eigenvalue weighted by Gasteiger charge is 2.20. The summed E-state index contributed by atoms with van der Waals surface area (Å²) in [5, 5.41) is 8.87. The second-order valence-corrected chi connectivity index (χ2v) is 4.02. The van der Waals surface area contributed by atoms with Crippen molar-refractivity contribution in [2.75, 3.05) is 11.4 Å². The molecule has 1 aromatic heterocycles. The zero-order chi connectivity index (χ0) is 11.7. The van der Waals surface area contributed by atoms with E-state index in [0.717, 1.165) is 18.8 Å². The Labute approximate surface area is 99.9 Å². The van der Waals surface area contributed by atoms with Crippen molar-refractivity contribution in [1.29, 1.82) is 5.26 Å². The van der Waals surface area contributed by atoms with E-state index < -0.39 is 0 Å². The highest BCUT2D eigenvalue weighted by molar-refractivity contribution is 5.67. The first-order valence-corrected chi connectivity index (χ1v) is 5.61. The summed E-state index contributed by atoms with van der Waals surface area (Å²) in [6, 6.07) is 16.0. The van der Waals surface area contributed by atoms with Crippen molar-refractivity contribution in [3.8, 4) is 6.07 Å². The third-order valence-electron chi connectivity index (χ3n) is 3.01. The van der Waals surface area contributed by atoms with Gasteiger partial charge in [-0.15, -0.1) is 0 Å². The quantitative estimate of drug-likeness (QED) is 0.743. The second-order valence-electron chi connectivity index (χ2n) is 4.02. The molecule has 0 saturated heterocycles. The Morgan fingerprint density at radius 1 is 1.12 bits per heavy atom. The topological polar surface area (TPSA) is 39.9 Å². The molecule has 0 N–H and O–H groups in total. The first-order chi connectivity index (χ1) is 8.38. The fourth-order valence-electron chi connectivity index (χ4n) is 2.21. The Morgan fingerprint density at radius 2 is 2.00 bits per heavy atom. The van der Waals surface area contributed by atoms with Crippen molar-refractivity contribution in [2.24, 2.45) is 0 Å². The molecule has 0 radical (unpaired) electrons. The van der Waals surface area contributed by atoms with Crippen LogP contribution in [-0.2, 0) is 6.42 Å².